The number of carbonyl (C=O) groups is 2. The van der Waals surface area contributed by atoms with E-state index in [0.29, 0.717) is 30.3 Å². The summed E-state index contributed by atoms with van der Waals surface area (Å²) in [4.78, 5) is 28.0. The minimum atomic E-state index is -0.574. The van der Waals surface area contributed by atoms with E-state index in [-0.39, 0.29) is 11.8 Å². The van der Waals surface area contributed by atoms with Gasteiger partial charge in [0.1, 0.15) is 23.4 Å². The van der Waals surface area contributed by atoms with Gasteiger partial charge in [-0.05, 0) is 53.9 Å². The number of fused-ring (bicyclic) bond motifs is 1. The maximum Gasteiger partial charge on any atom is 0.253 e. The van der Waals surface area contributed by atoms with Crippen molar-refractivity contribution >= 4 is 23.3 Å². The molecule has 0 aliphatic carbocycles. The van der Waals surface area contributed by atoms with E-state index in [2.05, 4.69) is 15.6 Å². The third-order valence-corrected chi connectivity index (χ3v) is 4.87. The first-order chi connectivity index (χ1) is 15.0. The average Bonchev–Trinajstić information content (AvgIpc) is 2.73. The van der Waals surface area contributed by atoms with Crippen molar-refractivity contribution in [2.75, 3.05) is 10.6 Å². The topological polar surface area (TPSA) is 89.5 Å². The highest BCUT2D eigenvalue weighted by atomic mass is 16.5. The van der Waals surface area contributed by atoms with Crippen LogP contribution in [0.4, 0.5) is 11.5 Å². The molecule has 2 N–H and O–H groups in total. The fraction of sp³-hybridized carbons (Fsp3) is 0.208. The molecule has 2 aromatic carbocycles. The van der Waals surface area contributed by atoms with Crippen LogP contribution in [-0.4, -0.2) is 22.9 Å². The molecule has 31 heavy (non-hydrogen) atoms. The van der Waals surface area contributed by atoms with Crippen LogP contribution < -0.4 is 15.4 Å². The third-order valence-electron chi connectivity index (χ3n) is 4.87. The van der Waals surface area contributed by atoms with Crippen LogP contribution in [0.25, 0.3) is 0 Å². The Bertz CT molecular complexity index is 1130. The lowest BCUT2D eigenvalue weighted by Gasteiger charge is -2.25. The molecule has 0 saturated heterocycles. The van der Waals surface area contributed by atoms with Crippen LogP contribution in [0, 0.1) is 6.92 Å². The van der Waals surface area contributed by atoms with Gasteiger partial charge in [0.2, 0.25) is 5.91 Å². The van der Waals surface area contributed by atoms with Crippen molar-refractivity contribution in [1.82, 2.24) is 4.98 Å². The van der Waals surface area contributed by atoms with Gasteiger partial charge in [-0.25, -0.2) is 4.98 Å². The van der Waals surface area contributed by atoms with Gasteiger partial charge in [-0.15, -0.1) is 0 Å². The Morgan fingerprint density at radius 2 is 1.87 bits per heavy atom. The van der Waals surface area contributed by atoms with Crippen molar-refractivity contribution in [3.05, 3.63) is 77.5 Å². The molecule has 7 heteroatoms. The number of carbonyl (C=O) groups excluding carboxylic acids is 2. The second-order valence-electron chi connectivity index (χ2n) is 7.45. The number of amides is 2. The molecule has 158 valence electrons. The monoisotopic (exact) mass is 417 g/mol. The number of benzene rings is 2. The molecule has 2 heterocycles. The van der Waals surface area contributed by atoms with Crippen molar-refractivity contribution in [3.63, 3.8) is 0 Å². The van der Waals surface area contributed by atoms with E-state index in [0.717, 1.165) is 22.4 Å². The number of nitrogens with zero attached hydrogens (tertiary/aromatic N) is 1. The highest BCUT2D eigenvalue weighted by Gasteiger charge is 2.26. The fourth-order valence-electron chi connectivity index (χ4n) is 3.42. The molecular formula is C24H23N3O4. The number of anilines is 2. The summed E-state index contributed by atoms with van der Waals surface area (Å²) in [5, 5.41) is 5.55. The summed E-state index contributed by atoms with van der Waals surface area (Å²) in [5.41, 5.74) is 3.86. The van der Waals surface area contributed by atoms with Crippen molar-refractivity contribution in [2.24, 2.45) is 0 Å². The van der Waals surface area contributed by atoms with Crippen molar-refractivity contribution in [2.45, 2.75) is 33.0 Å². The Balaban J connectivity index is 1.45. The largest absolute Gasteiger partial charge is 0.457 e. The second-order valence-corrected chi connectivity index (χ2v) is 7.45. The lowest BCUT2D eigenvalue weighted by atomic mass is 9.98. The minimum absolute atomic E-state index is 0.170. The summed E-state index contributed by atoms with van der Waals surface area (Å²) in [7, 11) is 0. The van der Waals surface area contributed by atoms with Gasteiger partial charge in [0.05, 0.1) is 6.61 Å². The minimum Gasteiger partial charge on any atom is -0.457 e. The molecule has 7 nitrogen and oxygen atoms in total. The summed E-state index contributed by atoms with van der Waals surface area (Å²) >= 11 is 0. The molecule has 4 rings (SSSR count). The Hall–Kier alpha value is -3.71. The van der Waals surface area contributed by atoms with Crippen molar-refractivity contribution in [3.8, 4) is 11.5 Å². The van der Waals surface area contributed by atoms with Crippen LogP contribution in [0.1, 0.15) is 23.6 Å². The van der Waals surface area contributed by atoms with Gasteiger partial charge in [0.25, 0.3) is 5.91 Å². The standard InChI is InChI=1S/C24H23N3O4/c1-15-4-3-5-19(10-15)27-24(29)22-12-18-11-20(7-6-17(18)14-30-22)31-21-8-9-25-23(13-21)26-16(2)28/h3-11,13,22H,12,14H2,1-2H3,(H,27,29)(H,25,26,28). The molecule has 0 saturated carbocycles. The quantitative estimate of drug-likeness (QED) is 0.649. The number of aromatic nitrogens is 1. The van der Waals surface area contributed by atoms with E-state index in [1.54, 1.807) is 18.3 Å². The van der Waals surface area contributed by atoms with Crippen molar-refractivity contribution < 1.29 is 19.1 Å². The summed E-state index contributed by atoms with van der Waals surface area (Å²) in [6, 6.07) is 16.7. The number of hydrogen-bond donors (Lipinski definition) is 2. The SMILES string of the molecule is CC(=O)Nc1cc(Oc2ccc3c(c2)CC(C(=O)Nc2cccc(C)c2)OC3)ccn1. The van der Waals surface area contributed by atoms with Crippen LogP contribution in [-0.2, 0) is 27.4 Å². The molecule has 2 amide bonds. The highest BCUT2D eigenvalue weighted by Crippen LogP contribution is 2.29. The van der Waals surface area contributed by atoms with E-state index in [1.165, 1.54) is 6.92 Å². The molecule has 1 atom stereocenters. The van der Waals surface area contributed by atoms with Crippen LogP contribution in [0.3, 0.4) is 0 Å². The molecule has 1 aromatic heterocycles. The predicted octanol–water partition coefficient (Wildman–Crippen LogP) is 4.22. The van der Waals surface area contributed by atoms with Gasteiger partial charge in [0, 0.05) is 31.3 Å². The molecule has 1 unspecified atom stereocenters. The van der Waals surface area contributed by atoms with E-state index in [4.69, 9.17) is 9.47 Å². The second kappa shape index (κ2) is 8.97. The van der Waals surface area contributed by atoms with Gasteiger partial charge < -0.3 is 20.1 Å². The zero-order valence-corrected chi connectivity index (χ0v) is 17.3. The lowest BCUT2D eigenvalue weighted by Crippen LogP contribution is -2.35. The number of rotatable bonds is 5. The van der Waals surface area contributed by atoms with E-state index in [9.17, 15) is 9.59 Å². The first kappa shape index (κ1) is 20.6. The number of hydrogen-bond acceptors (Lipinski definition) is 5. The van der Waals surface area contributed by atoms with Gasteiger partial charge in [-0.2, -0.15) is 0 Å². The maximum absolute atomic E-state index is 12.7. The zero-order valence-electron chi connectivity index (χ0n) is 17.3. The zero-order chi connectivity index (χ0) is 21.8. The van der Waals surface area contributed by atoms with Gasteiger partial charge in [-0.3, -0.25) is 9.59 Å². The van der Waals surface area contributed by atoms with E-state index in [1.807, 2.05) is 49.4 Å². The van der Waals surface area contributed by atoms with Crippen molar-refractivity contribution in [1.29, 1.82) is 0 Å². The van der Waals surface area contributed by atoms with E-state index < -0.39 is 6.10 Å². The lowest BCUT2D eigenvalue weighted by molar-refractivity contribution is -0.129. The summed E-state index contributed by atoms with van der Waals surface area (Å²) in [6.45, 7) is 3.77. The number of ether oxygens (including phenoxy) is 2. The molecule has 1 aliphatic rings. The normalized spacial score (nSPS) is 15.0. The smallest absolute Gasteiger partial charge is 0.253 e. The Kier molecular flexibility index (Phi) is 5.95. The van der Waals surface area contributed by atoms with Crippen LogP contribution in [0.2, 0.25) is 0 Å². The summed E-state index contributed by atoms with van der Waals surface area (Å²) in [6.07, 6.45) is 1.45. The summed E-state index contributed by atoms with van der Waals surface area (Å²) < 4.78 is 11.7. The number of pyridine rings is 1. The average molecular weight is 417 g/mol. The molecular weight excluding hydrogens is 394 g/mol. The molecule has 0 spiro atoms. The Morgan fingerprint density at radius 1 is 1.03 bits per heavy atom. The first-order valence-corrected chi connectivity index (χ1v) is 9.99. The first-order valence-electron chi connectivity index (χ1n) is 9.99. The Morgan fingerprint density at radius 3 is 2.68 bits per heavy atom. The molecule has 1 aliphatic heterocycles. The van der Waals surface area contributed by atoms with Gasteiger partial charge in [0.15, 0.2) is 0 Å². The molecule has 0 bridgehead atoms. The van der Waals surface area contributed by atoms with Crippen LogP contribution >= 0.6 is 0 Å². The highest BCUT2D eigenvalue weighted by molar-refractivity contribution is 5.94. The van der Waals surface area contributed by atoms with E-state index >= 15 is 0 Å². The molecule has 0 fully saturated rings. The Labute approximate surface area is 180 Å². The maximum atomic E-state index is 12.7. The predicted molar refractivity (Wildman–Crippen MR) is 117 cm³/mol. The third kappa shape index (κ3) is 5.26. The van der Waals surface area contributed by atoms with Gasteiger partial charge >= 0.3 is 0 Å². The molecule has 0 radical (unpaired) electrons. The van der Waals surface area contributed by atoms with Gasteiger partial charge in [-0.1, -0.05) is 18.2 Å². The number of aryl methyl sites for hydroxylation is 1. The number of nitrogens with one attached hydrogen (secondary N) is 2. The summed E-state index contributed by atoms with van der Waals surface area (Å²) in [5.74, 6) is 1.24. The van der Waals surface area contributed by atoms with Crippen LogP contribution in [0.15, 0.2) is 60.8 Å². The van der Waals surface area contributed by atoms with Crippen LogP contribution in [0.5, 0.6) is 11.5 Å². The fourth-order valence-corrected chi connectivity index (χ4v) is 3.42. The molecule has 3 aromatic rings.